The normalized spacial score (nSPS) is 30.5. The zero-order valence-electron chi connectivity index (χ0n) is 20.2. The molecule has 0 aromatic heterocycles. The Morgan fingerprint density at radius 2 is 1.76 bits per heavy atom. The zero-order valence-corrected chi connectivity index (χ0v) is 21.9. The third-order valence-corrected chi connectivity index (χ3v) is 7.96. The van der Waals surface area contributed by atoms with E-state index in [1.807, 2.05) is 33.8 Å². The molecule has 2 heterocycles. The average Bonchev–Trinajstić information content (AvgIpc) is 2.73. The van der Waals surface area contributed by atoms with E-state index in [4.69, 9.17) is 4.74 Å². The second-order valence-corrected chi connectivity index (χ2v) is 12.0. The second-order valence-electron chi connectivity index (χ2n) is 9.42. The molecule has 192 valence electrons. The minimum absolute atomic E-state index is 0.117. The average molecular weight is 516 g/mol. The van der Waals surface area contributed by atoms with E-state index in [1.54, 1.807) is 16.9 Å². The minimum atomic E-state index is -1.18. The summed E-state index contributed by atoms with van der Waals surface area (Å²) < 4.78 is 5.51. The number of fused-ring (bicyclic) bond motifs is 7. The van der Waals surface area contributed by atoms with Crippen molar-refractivity contribution in [1.29, 1.82) is 0 Å². The van der Waals surface area contributed by atoms with Crippen molar-refractivity contribution in [3.63, 3.8) is 0 Å². The fourth-order valence-electron chi connectivity index (χ4n) is 3.77. The molecule has 5 atom stereocenters. The molecule has 2 rings (SSSR count). The molecule has 34 heavy (non-hydrogen) atoms. The number of esters is 1. The molecule has 3 amide bonds. The molecule has 2 bridgehead atoms. The van der Waals surface area contributed by atoms with Crippen molar-refractivity contribution in [1.82, 2.24) is 16.0 Å². The molecule has 0 aliphatic carbocycles. The number of allylic oxidation sites excluding steroid dienone is 1. The van der Waals surface area contributed by atoms with Gasteiger partial charge in [0.15, 0.2) is 0 Å². The van der Waals surface area contributed by atoms with Crippen LogP contribution in [0.2, 0.25) is 0 Å². The monoisotopic (exact) mass is 515 g/mol. The van der Waals surface area contributed by atoms with Gasteiger partial charge in [0.1, 0.15) is 18.2 Å². The van der Waals surface area contributed by atoms with Crippen LogP contribution in [-0.2, 0) is 23.9 Å². The molecule has 1 fully saturated rings. The predicted molar refractivity (Wildman–Crippen MR) is 134 cm³/mol. The zero-order chi connectivity index (χ0) is 25.3. The highest BCUT2D eigenvalue weighted by atomic mass is 33.1. The van der Waals surface area contributed by atoms with E-state index in [0.717, 1.165) is 5.75 Å². The van der Waals surface area contributed by atoms with Gasteiger partial charge in [0.05, 0.1) is 25.0 Å². The van der Waals surface area contributed by atoms with E-state index in [9.17, 15) is 24.3 Å². The van der Waals surface area contributed by atoms with E-state index in [2.05, 4.69) is 16.0 Å². The number of carbonyl (C=O) groups excluding carboxylic acids is 4. The third kappa shape index (κ3) is 9.50. The fraction of sp³-hybridized carbons (Fsp3) is 0.739. The molecule has 11 heteroatoms. The van der Waals surface area contributed by atoms with Gasteiger partial charge in [-0.05, 0) is 30.8 Å². The van der Waals surface area contributed by atoms with Crippen molar-refractivity contribution in [2.45, 2.75) is 83.7 Å². The first kappa shape index (κ1) is 28.5. The van der Waals surface area contributed by atoms with Gasteiger partial charge in [-0.2, -0.15) is 0 Å². The second kappa shape index (κ2) is 14.0. The fourth-order valence-corrected chi connectivity index (χ4v) is 5.93. The van der Waals surface area contributed by atoms with Crippen LogP contribution in [0.1, 0.15) is 53.4 Å². The van der Waals surface area contributed by atoms with Gasteiger partial charge in [-0.15, -0.1) is 0 Å². The molecule has 0 saturated carbocycles. The maximum atomic E-state index is 13.2. The van der Waals surface area contributed by atoms with Gasteiger partial charge in [0.2, 0.25) is 17.7 Å². The molecule has 0 unspecified atom stereocenters. The topological polar surface area (TPSA) is 134 Å². The maximum absolute atomic E-state index is 13.2. The summed E-state index contributed by atoms with van der Waals surface area (Å²) in [7, 11) is 3.04. The summed E-state index contributed by atoms with van der Waals surface area (Å²) in [6.07, 6.45) is 2.14. The summed E-state index contributed by atoms with van der Waals surface area (Å²) in [5.74, 6) is -0.965. The number of aliphatic hydroxyl groups is 1. The molecule has 0 aromatic carbocycles. The summed E-state index contributed by atoms with van der Waals surface area (Å²) in [5.41, 5.74) is 0. The first-order valence-electron chi connectivity index (χ1n) is 11.8. The lowest BCUT2D eigenvalue weighted by molar-refractivity contribution is -0.151. The lowest BCUT2D eigenvalue weighted by Gasteiger charge is -2.30. The molecule has 0 spiro atoms. The van der Waals surface area contributed by atoms with Crippen molar-refractivity contribution >= 4 is 45.3 Å². The first-order chi connectivity index (χ1) is 16.1. The van der Waals surface area contributed by atoms with Crippen LogP contribution in [0.5, 0.6) is 0 Å². The molecule has 9 nitrogen and oxygen atoms in total. The van der Waals surface area contributed by atoms with Gasteiger partial charge < -0.3 is 25.8 Å². The highest BCUT2D eigenvalue weighted by molar-refractivity contribution is 8.76. The van der Waals surface area contributed by atoms with Crippen LogP contribution < -0.4 is 16.0 Å². The van der Waals surface area contributed by atoms with Gasteiger partial charge in [-0.3, -0.25) is 19.2 Å². The van der Waals surface area contributed by atoms with Crippen LogP contribution in [0, 0.1) is 11.8 Å². The molecule has 0 radical (unpaired) electrons. The lowest BCUT2D eigenvalue weighted by atomic mass is 9.96. The number of carbonyl (C=O) groups is 4. The van der Waals surface area contributed by atoms with Crippen molar-refractivity contribution in [3.05, 3.63) is 12.2 Å². The number of rotatable bonds is 3. The van der Waals surface area contributed by atoms with Gasteiger partial charge >= 0.3 is 5.97 Å². The van der Waals surface area contributed by atoms with Crippen molar-refractivity contribution < 1.29 is 29.0 Å². The standard InChI is InChI=1S/C23H37N3O6S2/c1-13(2)9-16-22(30)25-17-12-34-33-8-6-5-7-15(10-19(28)24-16)32-20(29)11-18(27)21(14(3)4)26-23(17)31/h5,7,13-18,21,27H,6,8-12H2,1-4H3,(H,24,28)(H,25,30)(H,26,31)/t15-,16-,17-,18+,21-/m1/s1. The maximum Gasteiger partial charge on any atom is 0.309 e. The Balaban J connectivity index is 2.47. The van der Waals surface area contributed by atoms with E-state index >= 15 is 0 Å². The van der Waals surface area contributed by atoms with Gasteiger partial charge in [0.25, 0.3) is 0 Å². The number of hydrogen-bond acceptors (Lipinski definition) is 8. The van der Waals surface area contributed by atoms with E-state index in [1.165, 1.54) is 10.8 Å². The van der Waals surface area contributed by atoms with Crippen molar-refractivity contribution in [2.75, 3.05) is 11.5 Å². The van der Waals surface area contributed by atoms with Crippen molar-refractivity contribution in [2.24, 2.45) is 11.8 Å². The van der Waals surface area contributed by atoms with Crippen LogP contribution >= 0.6 is 21.6 Å². The summed E-state index contributed by atoms with van der Waals surface area (Å²) in [6.45, 7) is 7.54. The number of aliphatic hydroxyl groups excluding tert-OH is 1. The quantitative estimate of drug-likeness (QED) is 0.253. The number of amides is 3. The Kier molecular flexibility index (Phi) is 11.7. The summed E-state index contributed by atoms with van der Waals surface area (Å²) in [5, 5.41) is 19.1. The van der Waals surface area contributed by atoms with Gasteiger partial charge in [0, 0.05) is 11.5 Å². The minimum Gasteiger partial charge on any atom is -0.457 e. The summed E-state index contributed by atoms with van der Waals surface area (Å²) in [4.78, 5) is 51.7. The molecule has 4 N–H and O–H groups in total. The van der Waals surface area contributed by atoms with Gasteiger partial charge in [-0.1, -0.05) is 55.4 Å². The number of nitrogens with one attached hydrogen (secondary N) is 3. The third-order valence-electron chi connectivity index (χ3n) is 5.52. The molecular formula is C23H37N3O6S2. The Bertz CT molecular complexity index is 761. The van der Waals surface area contributed by atoms with Crippen LogP contribution in [0.4, 0.5) is 0 Å². The SMILES string of the molecule is CC(C)C[C@H]1NC(=O)C[C@H]2C=CCCSSC[C@@H](NC1=O)C(=O)N[C@H](C(C)C)[C@@H](O)CC(=O)O2. The van der Waals surface area contributed by atoms with Crippen LogP contribution in [0.15, 0.2) is 12.2 Å². The first-order valence-corrected chi connectivity index (χ1v) is 14.2. The molecular weight excluding hydrogens is 478 g/mol. The Morgan fingerprint density at radius 1 is 1.03 bits per heavy atom. The van der Waals surface area contributed by atoms with E-state index in [-0.39, 0.29) is 24.7 Å². The van der Waals surface area contributed by atoms with Crippen LogP contribution in [-0.4, -0.2) is 70.6 Å². The smallest absolute Gasteiger partial charge is 0.309 e. The number of hydrogen-bond donors (Lipinski definition) is 4. The van der Waals surface area contributed by atoms with Crippen molar-refractivity contribution in [3.8, 4) is 0 Å². The highest BCUT2D eigenvalue weighted by Gasteiger charge is 2.33. The van der Waals surface area contributed by atoms with Crippen LogP contribution in [0.25, 0.3) is 0 Å². The molecule has 2 aliphatic rings. The summed E-state index contributed by atoms with van der Waals surface area (Å²) >= 11 is 0. The Labute approximate surface area is 209 Å². The molecule has 1 saturated heterocycles. The van der Waals surface area contributed by atoms with Crippen LogP contribution in [0.3, 0.4) is 0 Å². The van der Waals surface area contributed by atoms with E-state index < -0.39 is 54.0 Å². The number of ether oxygens (including phenoxy) is 1. The Hall–Kier alpha value is -1.72. The lowest BCUT2D eigenvalue weighted by Crippen LogP contribution is -2.58. The largest absolute Gasteiger partial charge is 0.457 e. The van der Waals surface area contributed by atoms with Gasteiger partial charge in [-0.25, -0.2) is 0 Å². The molecule has 0 aromatic rings. The highest BCUT2D eigenvalue weighted by Crippen LogP contribution is 2.24. The molecule has 2 aliphatic heterocycles. The Morgan fingerprint density at radius 3 is 2.44 bits per heavy atom. The van der Waals surface area contributed by atoms with E-state index in [0.29, 0.717) is 18.6 Å². The predicted octanol–water partition coefficient (Wildman–Crippen LogP) is 1.55. The summed E-state index contributed by atoms with van der Waals surface area (Å²) in [6, 6.07) is -2.41.